The highest BCUT2D eigenvalue weighted by Gasteiger charge is 2.36. The molecule has 1 amide bonds. The Hall–Kier alpha value is -3.64. The van der Waals surface area contributed by atoms with Gasteiger partial charge < -0.3 is 8.98 Å². The summed E-state index contributed by atoms with van der Waals surface area (Å²) in [5, 5.41) is 7.67. The number of halogens is 1. The summed E-state index contributed by atoms with van der Waals surface area (Å²) in [7, 11) is 1.76. The number of benzene rings is 2. The van der Waals surface area contributed by atoms with Crippen molar-refractivity contribution in [3.63, 3.8) is 0 Å². The monoisotopic (exact) mass is 459 g/mol. The molecule has 6 nitrogen and oxygen atoms in total. The Kier molecular flexibility index (Phi) is 5.38. The van der Waals surface area contributed by atoms with Gasteiger partial charge in [0.1, 0.15) is 11.8 Å². The highest BCUT2D eigenvalue weighted by atomic mass is 35.5. The van der Waals surface area contributed by atoms with Crippen LogP contribution in [0.4, 0.5) is 0 Å². The van der Waals surface area contributed by atoms with Crippen LogP contribution in [-0.4, -0.2) is 21.2 Å². The van der Waals surface area contributed by atoms with E-state index in [0.29, 0.717) is 34.9 Å². The van der Waals surface area contributed by atoms with Crippen LogP contribution in [0, 0.1) is 0 Å². The third-order valence-electron chi connectivity index (χ3n) is 6.06. The van der Waals surface area contributed by atoms with Crippen LogP contribution < -0.4 is 5.56 Å². The van der Waals surface area contributed by atoms with Crippen LogP contribution in [0.2, 0.25) is 5.02 Å². The van der Waals surface area contributed by atoms with Gasteiger partial charge in [-0.05, 0) is 35.9 Å². The smallest absolute Gasteiger partial charge is 0.260 e. The molecule has 0 unspecified atom stereocenters. The molecule has 5 rings (SSSR count). The predicted molar refractivity (Wildman–Crippen MR) is 129 cm³/mol. The summed E-state index contributed by atoms with van der Waals surface area (Å²) in [5.74, 6) is 0.512. The fraction of sp³-hybridized carbons (Fsp3) is 0.192. The molecule has 0 spiro atoms. The molecule has 0 radical (unpaired) electrons. The van der Waals surface area contributed by atoms with Crippen molar-refractivity contribution >= 4 is 34.1 Å². The van der Waals surface area contributed by atoms with Gasteiger partial charge in [-0.1, -0.05) is 48.9 Å². The summed E-state index contributed by atoms with van der Waals surface area (Å²) >= 11 is 6.14. The zero-order valence-corrected chi connectivity index (χ0v) is 19.0. The summed E-state index contributed by atoms with van der Waals surface area (Å²) < 4.78 is 7.25. The number of carbonyl (C=O) groups is 1. The third kappa shape index (κ3) is 3.56. The Labute approximate surface area is 195 Å². The van der Waals surface area contributed by atoms with E-state index in [0.717, 1.165) is 22.0 Å². The van der Waals surface area contributed by atoms with Gasteiger partial charge in [0, 0.05) is 35.9 Å². The molecule has 2 aromatic heterocycles. The Bertz CT molecular complexity index is 1440. The number of hydrogen-bond donors (Lipinski definition) is 0. The normalized spacial score (nSPS) is 15.8. The van der Waals surface area contributed by atoms with Gasteiger partial charge in [0.05, 0.1) is 23.1 Å². The SMILES string of the molecule is CCC(=O)N1N=C(c2c(-c3ccc(Cl)cc3)c3ccccc3n(C)c2=O)C[C@H]1c1ccco1. The minimum absolute atomic E-state index is 0.128. The van der Waals surface area contributed by atoms with Crippen LogP contribution in [0.15, 0.2) is 81.2 Å². The number of pyridine rings is 1. The van der Waals surface area contributed by atoms with Gasteiger partial charge in [-0.3, -0.25) is 9.59 Å². The van der Waals surface area contributed by atoms with E-state index < -0.39 is 6.04 Å². The van der Waals surface area contributed by atoms with E-state index in [-0.39, 0.29) is 11.5 Å². The van der Waals surface area contributed by atoms with Crippen LogP contribution >= 0.6 is 11.6 Å². The molecule has 166 valence electrons. The number of carbonyl (C=O) groups excluding carboxylic acids is 1. The number of rotatable bonds is 4. The number of nitrogens with zero attached hydrogens (tertiary/aromatic N) is 3. The topological polar surface area (TPSA) is 67.8 Å². The Morgan fingerprint density at radius 1 is 1.09 bits per heavy atom. The number of hydrogen-bond acceptors (Lipinski definition) is 4. The van der Waals surface area contributed by atoms with Gasteiger partial charge in [0.15, 0.2) is 0 Å². The fourth-order valence-corrected chi connectivity index (χ4v) is 4.56. The van der Waals surface area contributed by atoms with Crippen molar-refractivity contribution in [3.05, 3.63) is 93.6 Å². The zero-order chi connectivity index (χ0) is 23.1. The first kappa shape index (κ1) is 21.2. The molecule has 0 N–H and O–H groups in total. The van der Waals surface area contributed by atoms with Crippen molar-refractivity contribution in [2.75, 3.05) is 0 Å². The second-order valence-corrected chi connectivity index (χ2v) is 8.45. The summed E-state index contributed by atoms with van der Waals surface area (Å²) in [6, 6.07) is 18.4. The molecule has 1 aliphatic heterocycles. The Morgan fingerprint density at radius 2 is 1.85 bits per heavy atom. The van der Waals surface area contributed by atoms with E-state index in [4.69, 9.17) is 16.0 Å². The average molecular weight is 460 g/mol. The molecule has 1 atom stereocenters. The quantitative estimate of drug-likeness (QED) is 0.402. The second-order valence-electron chi connectivity index (χ2n) is 8.01. The van der Waals surface area contributed by atoms with Crippen LogP contribution in [0.5, 0.6) is 0 Å². The van der Waals surface area contributed by atoms with E-state index in [1.807, 2.05) is 54.6 Å². The van der Waals surface area contributed by atoms with Crippen molar-refractivity contribution in [1.29, 1.82) is 0 Å². The summed E-state index contributed by atoms with van der Waals surface area (Å²) in [4.78, 5) is 26.4. The molecule has 33 heavy (non-hydrogen) atoms. The molecule has 1 aliphatic rings. The van der Waals surface area contributed by atoms with Crippen molar-refractivity contribution < 1.29 is 9.21 Å². The van der Waals surface area contributed by atoms with Crippen LogP contribution in [-0.2, 0) is 11.8 Å². The van der Waals surface area contributed by atoms with Gasteiger partial charge in [-0.15, -0.1) is 0 Å². The van der Waals surface area contributed by atoms with Gasteiger partial charge in [-0.25, -0.2) is 5.01 Å². The lowest BCUT2D eigenvalue weighted by atomic mass is 9.91. The molecule has 7 heteroatoms. The van der Waals surface area contributed by atoms with Crippen molar-refractivity contribution in [2.24, 2.45) is 12.1 Å². The minimum atomic E-state index is -0.392. The lowest BCUT2D eigenvalue weighted by Gasteiger charge is -2.18. The Morgan fingerprint density at radius 3 is 2.55 bits per heavy atom. The van der Waals surface area contributed by atoms with E-state index >= 15 is 0 Å². The predicted octanol–water partition coefficient (Wildman–Crippen LogP) is 5.54. The van der Waals surface area contributed by atoms with Crippen LogP contribution in [0.1, 0.15) is 37.1 Å². The molecule has 2 aromatic carbocycles. The van der Waals surface area contributed by atoms with Crippen molar-refractivity contribution in [3.8, 4) is 11.1 Å². The lowest BCUT2D eigenvalue weighted by Crippen LogP contribution is -2.26. The summed E-state index contributed by atoms with van der Waals surface area (Å²) in [5.41, 5.74) is 3.35. The maximum Gasteiger partial charge on any atom is 0.260 e. The summed E-state index contributed by atoms with van der Waals surface area (Å²) in [6.07, 6.45) is 2.26. The Balaban J connectivity index is 1.78. The zero-order valence-electron chi connectivity index (χ0n) is 18.3. The highest BCUT2D eigenvalue weighted by molar-refractivity contribution is 6.30. The van der Waals surface area contributed by atoms with E-state index in [1.165, 1.54) is 5.01 Å². The number of para-hydroxylation sites is 1. The molecular weight excluding hydrogens is 438 g/mol. The number of hydrazone groups is 1. The lowest BCUT2D eigenvalue weighted by molar-refractivity contribution is -0.133. The van der Waals surface area contributed by atoms with Crippen LogP contribution in [0.25, 0.3) is 22.0 Å². The first-order valence-electron chi connectivity index (χ1n) is 10.8. The largest absolute Gasteiger partial charge is 0.467 e. The van der Waals surface area contributed by atoms with E-state index in [9.17, 15) is 9.59 Å². The van der Waals surface area contributed by atoms with Gasteiger partial charge in [0.2, 0.25) is 5.91 Å². The van der Waals surface area contributed by atoms with Gasteiger partial charge in [-0.2, -0.15) is 5.10 Å². The molecule has 0 saturated carbocycles. The molecule has 0 aliphatic carbocycles. The molecule has 3 heterocycles. The molecule has 4 aromatic rings. The van der Waals surface area contributed by atoms with Crippen LogP contribution in [0.3, 0.4) is 0 Å². The summed E-state index contributed by atoms with van der Waals surface area (Å²) in [6.45, 7) is 1.79. The number of amides is 1. The fourth-order valence-electron chi connectivity index (χ4n) is 4.44. The number of aromatic nitrogens is 1. The number of furan rings is 1. The molecular formula is C26H22ClN3O3. The van der Waals surface area contributed by atoms with Crippen molar-refractivity contribution in [1.82, 2.24) is 9.58 Å². The maximum absolute atomic E-state index is 13.7. The third-order valence-corrected chi connectivity index (χ3v) is 6.32. The van der Waals surface area contributed by atoms with Gasteiger partial charge >= 0.3 is 0 Å². The number of fused-ring (bicyclic) bond motifs is 1. The maximum atomic E-state index is 13.7. The van der Waals surface area contributed by atoms with Gasteiger partial charge in [0.25, 0.3) is 5.56 Å². The average Bonchev–Trinajstić information content (AvgIpc) is 3.51. The standard InChI is InChI=1S/C26H22ClN3O3/c1-3-23(31)30-21(22-9-6-14-33-22)15-19(28-30)25-24(16-10-12-17(27)13-11-16)18-7-4-5-8-20(18)29(2)26(25)32/h4-14,21H,3,15H2,1-2H3/t21-/m0/s1. The van der Waals surface area contributed by atoms with E-state index in [2.05, 4.69) is 5.10 Å². The first-order valence-corrected chi connectivity index (χ1v) is 11.2. The molecule has 0 fully saturated rings. The number of aryl methyl sites for hydroxylation is 1. The minimum Gasteiger partial charge on any atom is -0.467 e. The molecule has 0 bridgehead atoms. The van der Waals surface area contributed by atoms with E-state index in [1.54, 1.807) is 30.9 Å². The van der Waals surface area contributed by atoms with Crippen molar-refractivity contribution in [2.45, 2.75) is 25.8 Å². The molecule has 0 saturated heterocycles. The first-order chi connectivity index (χ1) is 16.0. The highest BCUT2D eigenvalue weighted by Crippen LogP contribution is 2.37. The second kappa shape index (κ2) is 8.37.